The Morgan fingerprint density at radius 1 is 0.950 bits per heavy atom. The van der Waals surface area contributed by atoms with E-state index in [0.29, 0.717) is 5.69 Å². The Bertz CT molecular complexity index is 628. The van der Waals surface area contributed by atoms with Crippen molar-refractivity contribution in [3.8, 4) is 0 Å². The lowest BCUT2D eigenvalue weighted by Crippen LogP contribution is -2.11. The van der Waals surface area contributed by atoms with Gasteiger partial charge in [-0.1, -0.05) is 6.07 Å². The second-order valence-corrected chi connectivity index (χ2v) is 4.07. The molecule has 1 N–H and O–H groups in total. The first kappa shape index (κ1) is 14.2. The number of rotatable bonds is 3. The number of halogens is 5. The van der Waals surface area contributed by atoms with Crippen LogP contribution in [0.5, 0.6) is 0 Å². The third kappa shape index (κ3) is 2.43. The number of aryl methyl sites for hydroxylation is 1. The molecule has 0 aliphatic rings. The summed E-state index contributed by atoms with van der Waals surface area (Å²) in [4.78, 5) is 3.95. The fourth-order valence-electron chi connectivity index (χ4n) is 1.64. The van der Waals surface area contributed by atoms with E-state index in [4.69, 9.17) is 0 Å². The van der Waals surface area contributed by atoms with Gasteiger partial charge in [-0.05, 0) is 18.6 Å². The van der Waals surface area contributed by atoms with Gasteiger partial charge in [-0.15, -0.1) is 0 Å². The minimum Gasteiger partial charge on any atom is -0.374 e. The van der Waals surface area contributed by atoms with Gasteiger partial charge in [0.2, 0.25) is 5.82 Å². The van der Waals surface area contributed by atoms with E-state index >= 15 is 0 Å². The van der Waals surface area contributed by atoms with Crippen LogP contribution in [0.15, 0.2) is 18.3 Å². The number of benzene rings is 1. The number of anilines is 1. The molecule has 106 valence electrons. The van der Waals surface area contributed by atoms with Crippen LogP contribution in [0.1, 0.15) is 11.3 Å². The highest BCUT2D eigenvalue weighted by Gasteiger charge is 2.25. The molecule has 0 saturated heterocycles. The Labute approximate surface area is 111 Å². The zero-order valence-corrected chi connectivity index (χ0v) is 10.3. The van der Waals surface area contributed by atoms with Crippen molar-refractivity contribution in [2.75, 3.05) is 5.32 Å². The van der Waals surface area contributed by atoms with Crippen LogP contribution in [0.3, 0.4) is 0 Å². The first-order chi connectivity index (χ1) is 9.43. The molecular formula is C13H9F5N2. The second kappa shape index (κ2) is 5.44. The Hall–Kier alpha value is -2.18. The summed E-state index contributed by atoms with van der Waals surface area (Å²) in [5, 5.41) is 2.19. The van der Waals surface area contributed by atoms with Crippen LogP contribution in [-0.2, 0) is 6.54 Å². The van der Waals surface area contributed by atoms with E-state index < -0.39 is 34.8 Å². The van der Waals surface area contributed by atoms with E-state index in [1.807, 2.05) is 0 Å². The van der Waals surface area contributed by atoms with E-state index in [1.54, 1.807) is 19.1 Å². The summed E-state index contributed by atoms with van der Waals surface area (Å²) in [6.45, 7) is 1.55. The number of nitrogens with zero attached hydrogens (tertiary/aromatic N) is 1. The topological polar surface area (TPSA) is 24.9 Å². The lowest BCUT2D eigenvalue weighted by Gasteiger charge is -2.11. The van der Waals surface area contributed by atoms with Crippen molar-refractivity contribution in [2.45, 2.75) is 13.5 Å². The highest BCUT2D eigenvalue weighted by atomic mass is 19.2. The maximum atomic E-state index is 13.4. The molecule has 7 heteroatoms. The quantitative estimate of drug-likeness (QED) is 0.529. The number of hydrogen-bond acceptors (Lipinski definition) is 2. The zero-order valence-electron chi connectivity index (χ0n) is 10.3. The lowest BCUT2D eigenvalue weighted by atomic mass is 10.2. The van der Waals surface area contributed by atoms with Crippen molar-refractivity contribution in [1.29, 1.82) is 0 Å². The van der Waals surface area contributed by atoms with E-state index in [1.165, 1.54) is 6.20 Å². The van der Waals surface area contributed by atoms with Crippen molar-refractivity contribution in [3.05, 3.63) is 58.7 Å². The fourth-order valence-corrected chi connectivity index (χ4v) is 1.64. The van der Waals surface area contributed by atoms with Crippen molar-refractivity contribution in [1.82, 2.24) is 4.98 Å². The van der Waals surface area contributed by atoms with Crippen LogP contribution < -0.4 is 5.32 Å². The van der Waals surface area contributed by atoms with Crippen LogP contribution in [0, 0.1) is 36.0 Å². The first-order valence-corrected chi connectivity index (χ1v) is 5.59. The average molecular weight is 288 g/mol. The minimum absolute atomic E-state index is 0.162. The summed E-state index contributed by atoms with van der Waals surface area (Å²) in [7, 11) is 0. The van der Waals surface area contributed by atoms with E-state index in [-0.39, 0.29) is 6.54 Å². The predicted octanol–water partition coefficient (Wildman–Crippen LogP) is 3.70. The van der Waals surface area contributed by atoms with E-state index in [9.17, 15) is 22.0 Å². The highest BCUT2D eigenvalue weighted by Crippen LogP contribution is 2.27. The Balaban J connectivity index is 2.33. The molecule has 0 saturated carbocycles. The normalized spacial score (nSPS) is 10.7. The molecule has 0 amide bonds. The molecule has 0 bridgehead atoms. The van der Waals surface area contributed by atoms with Crippen molar-refractivity contribution in [3.63, 3.8) is 0 Å². The summed E-state index contributed by atoms with van der Waals surface area (Å²) < 4.78 is 65.6. The SMILES string of the molecule is Cc1cccnc1CNc1c(F)c(F)c(F)c(F)c1F. The minimum atomic E-state index is -2.18. The van der Waals surface area contributed by atoms with Gasteiger partial charge in [0.1, 0.15) is 5.69 Å². The molecule has 20 heavy (non-hydrogen) atoms. The summed E-state index contributed by atoms with van der Waals surface area (Å²) in [6, 6.07) is 3.37. The molecule has 0 aliphatic heterocycles. The molecular weight excluding hydrogens is 279 g/mol. The average Bonchev–Trinajstić information content (AvgIpc) is 2.45. The maximum Gasteiger partial charge on any atom is 0.200 e. The number of pyridine rings is 1. The van der Waals surface area contributed by atoms with E-state index in [2.05, 4.69) is 10.3 Å². The van der Waals surface area contributed by atoms with Gasteiger partial charge in [0.25, 0.3) is 0 Å². The highest BCUT2D eigenvalue weighted by molar-refractivity contribution is 5.48. The van der Waals surface area contributed by atoms with Crippen LogP contribution in [0.2, 0.25) is 0 Å². The van der Waals surface area contributed by atoms with E-state index in [0.717, 1.165) is 5.56 Å². The maximum absolute atomic E-state index is 13.4. The predicted molar refractivity (Wildman–Crippen MR) is 62.5 cm³/mol. The van der Waals surface area contributed by atoms with Gasteiger partial charge in [-0.25, -0.2) is 22.0 Å². The molecule has 1 aromatic heterocycles. The molecule has 1 aromatic carbocycles. The molecule has 0 unspecified atom stereocenters. The summed E-state index contributed by atoms with van der Waals surface area (Å²) in [5.41, 5.74) is 0.103. The van der Waals surface area contributed by atoms with Crippen LogP contribution in [-0.4, -0.2) is 4.98 Å². The number of hydrogen-bond donors (Lipinski definition) is 1. The Morgan fingerprint density at radius 2 is 1.50 bits per heavy atom. The molecule has 0 aliphatic carbocycles. The Morgan fingerprint density at radius 3 is 2.05 bits per heavy atom. The number of nitrogens with one attached hydrogen (secondary N) is 1. The summed E-state index contributed by atoms with van der Waals surface area (Å²) in [5.74, 6) is -9.93. The molecule has 0 atom stereocenters. The third-order valence-electron chi connectivity index (χ3n) is 2.76. The molecule has 2 nitrogen and oxygen atoms in total. The second-order valence-electron chi connectivity index (χ2n) is 4.07. The van der Waals surface area contributed by atoms with Gasteiger partial charge < -0.3 is 5.32 Å². The first-order valence-electron chi connectivity index (χ1n) is 5.59. The van der Waals surface area contributed by atoms with Crippen molar-refractivity contribution < 1.29 is 22.0 Å². The third-order valence-corrected chi connectivity index (χ3v) is 2.76. The monoisotopic (exact) mass is 288 g/mol. The van der Waals surface area contributed by atoms with Crippen LogP contribution >= 0.6 is 0 Å². The standard InChI is InChI=1S/C13H9F5N2/c1-6-3-2-4-19-7(6)5-20-13-11(17)9(15)8(14)10(16)12(13)18/h2-4,20H,5H2,1H3. The van der Waals surface area contributed by atoms with Gasteiger partial charge in [0, 0.05) is 6.20 Å². The summed E-state index contributed by atoms with van der Waals surface area (Å²) in [6.07, 6.45) is 1.46. The van der Waals surface area contributed by atoms with Gasteiger partial charge in [0.15, 0.2) is 23.3 Å². The molecule has 2 rings (SSSR count). The van der Waals surface area contributed by atoms with Gasteiger partial charge in [-0.3, -0.25) is 4.98 Å². The summed E-state index contributed by atoms with van der Waals surface area (Å²) >= 11 is 0. The Kier molecular flexibility index (Phi) is 3.87. The smallest absolute Gasteiger partial charge is 0.200 e. The number of aromatic nitrogens is 1. The molecule has 1 heterocycles. The van der Waals surface area contributed by atoms with Gasteiger partial charge in [-0.2, -0.15) is 0 Å². The van der Waals surface area contributed by atoms with Crippen molar-refractivity contribution >= 4 is 5.69 Å². The molecule has 0 fully saturated rings. The van der Waals surface area contributed by atoms with Crippen molar-refractivity contribution in [2.24, 2.45) is 0 Å². The fraction of sp³-hybridized carbons (Fsp3) is 0.154. The molecule has 0 spiro atoms. The van der Waals surface area contributed by atoms with Gasteiger partial charge in [0.05, 0.1) is 12.2 Å². The van der Waals surface area contributed by atoms with Crippen LogP contribution in [0.4, 0.5) is 27.6 Å². The molecule has 0 radical (unpaired) electrons. The molecule has 2 aromatic rings. The lowest BCUT2D eigenvalue weighted by molar-refractivity contribution is 0.381. The van der Waals surface area contributed by atoms with Gasteiger partial charge >= 0.3 is 0 Å². The largest absolute Gasteiger partial charge is 0.374 e. The zero-order chi connectivity index (χ0) is 14.9. The van der Waals surface area contributed by atoms with Crippen LogP contribution in [0.25, 0.3) is 0 Å².